The summed E-state index contributed by atoms with van der Waals surface area (Å²) < 4.78 is 33.0. The van der Waals surface area contributed by atoms with Crippen molar-refractivity contribution in [3.05, 3.63) is 87.4 Å². The van der Waals surface area contributed by atoms with Gasteiger partial charge in [0.25, 0.3) is 5.91 Å². The highest BCUT2D eigenvalue weighted by molar-refractivity contribution is 7.09. The number of rotatable bonds is 14. The Balaban J connectivity index is 1.10. The summed E-state index contributed by atoms with van der Waals surface area (Å²) in [6.07, 6.45) is 0.784. The van der Waals surface area contributed by atoms with E-state index in [0.717, 1.165) is 71.7 Å². The second-order valence-corrected chi connectivity index (χ2v) is 12.7. The van der Waals surface area contributed by atoms with E-state index in [1.54, 1.807) is 28.4 Å². The van der Waals surface area contributed by atoms with E-state index in [4.69, 9.17) is 33.4 Å². The van der Waals surface area contributed by atoms with Crippen LogP contribution in [0.5, 0.6) is 34.5 Å². The van der Waals surface area contributed by atoms with E-state index in [1.807, 2.05) is 52.7 Å². The van der Waals surface area contributed by atoms with E-state index < -0.39 is 0 Å². The lowest BCUT2D eigenvalue weighted by molar-refractivity contribution is 0.0623. The van der Waals surface area contributed by atoms with Gasteiger partial charge in [-0.3, -0.25) is 14.6 Å². The van der Waals surface area contributed by atoms with E-state index in [1.165, 1.54) is 16.9 Å². The van der Waals surface area contributed by atoms with Crippen LogP contribution in [0.4, 0.5) is 0 Å². The smallest absolute Gasteiger partial charge is 0.273 e. The first-order valence-corrected chi connectivity index (χ1v) is 16.8. The molecule has 3 heterocycles. The fourth-order valence-electron chi connectivity index (χ4n) is 6.00. The summed E-state index contributed by atoms with van der Waals surface area (Å²) in [7, 11) is 6.60. The molecule has 0 aliphatic carbocycles. The molecular weight excluding hydrogens is 632 g/mol. The van der Waals surface area contributed by atoms with Crippen LogP contribution in [-0.4, -0.2) is 93.5 Å². The lowest BCUT2D eigenvalue weighted by atomic mass is 10.1. The van der Waals surface area contributed by atoms with Gasteiger partial charge in [0.2, 0.25) is 6.79 Å². The van der Waals surface area contributed by atoms with E-state index in [0.29, 0.717) is 43.4 Å². The summed E-state index contributed by atoms with van der Waals surface area (Å²) in [5, 5.41) is 2.77. The SMILES string of the molecule is COc1ccc(CN(CCc2ccc(OC)c(OC)c2)Cc2nc(C(=O)N3CCN(Cc4ccc5c(c4)OCO5)CC3)cs2)c(OC)c1. The summed E-state index contributed by atoms with van der Waals surface area (Å²) in [5.74, 6) is 4.47. The molecular formula is C36H42N4O7S. The summed E-state index contributed by atoms with van der Waals surface area (Å²) in [5.41, 5.74) is 3.84. The molecule has 1 saturated heterocycles. The van der Waals surface area contributed by atoms with Crippen LogP contribution in [0, 0.1) is 0 Å². The molecule has 0 N–H and O–H groups in total. The normalized spacial score (nSPS) is 14.3. The van der Waals surface area contributed by atoms with Gasteiger partial charge in [-0.1, -0.05) is 18.2 Å². The molecule has 2 aliphatic heterocycles. The molecule has 0 saturated carbocycles. The summed E-state index contributed by atoms with van der Waals surface area (Å²) in [6.45, 7) is 5.95. The van der Waals surface area contributed by atoms with Crippen LogP contribution in [0.3, 0.4) is 0 Å². The predicted molar refractivity (Wildman–Crippen MR) is 183 cm³/mol. The molecule has 6 rings (SSSR count). The summed E-state index contributed by atoms with van der Waals surface area (Å²) in [6, 6.07) is 18.0. The molecule has 2 aliphatic rings. The van der Waals surface area contributed by atoms with E-state index in [-0.39, 0.29) is 12.7 Å². The van der Waals surface area contributed by atoms with Crippen LogP contribution in [-0.2, 0) is 26.1 Å². The van der Waals surface area contributed by atoms with Gasteiger partial charge >= 0.3 is 0 Å². The lowest BCUT2D eigenvalue weighted by Gasteiger charge is -2.34. The van der Waals surface area contributed by atoms with Crippen molar-refractivity contribution < 1.29 is 33.2 Å². The lowest BCUT2D eigenvalue weighted by Crippen LogP contribution is -2.48. The molecule has 0 unspecified atom stereocenters. The fraction of sp³-hybridized carbons (Fsp3) is 0.389. The Kier molecular flexibility index (Phi) is 10.8. The van der Waals surface area contributed by atoms with Crippen molar-refractivity contribution in [2.24, 2.45) is 0 Å². The van der Waals surface area contributed by atoms with Gasteiger partial charge in [-0.15, -0.1) is 11.3 Å². The van der Waals surface area contributed by atoms with Crippen molar-refractivity contribution in [2.75, 3.05) is 68.0 Å². The number of piperazine rings is 1. The largest absolute Gasteiger partial charge is 0.497 e. The molecule has 0 radical (unpaired) electrons. The van der Waals surface area contributed by atoms with Crippen LogP contribution in [0.1, 0.15) is 32.2 Å². The van der Waals surface area contributed by atoms with Crippen molar-refractivity contribution in [3.63, 3.8) is 0 Å². The Labute approximate surface area is 285 Å². The third-order valence-electron chi connectivity index (χ3n) is 8.69. The van der Waals surface area contributed by atoms with Crippen molar-refractivity contribution in [1.82, 2.24) is 19.7 Å². The van der Waals surface area contributed by atoms with Gasteiger partial charge in [0.15, 0.2) is 23.0 Å². The van der Waals surface area contributed by atoms with Crippen LogP contribution < -0.4 is 28.4 Å². The molecule has 12 heteroatoms. The average molecular weight is 675 g/mol. The molecule has 3 aromatic carbocycles. The van der Waals surface area contributed by atoms with E-state index in [9.17, 15) is 4.79 Å². The van der Waals surface area contributed by atoms with Crippen molar-refractivity contribution >= 4 is 17.2 Å². The second kappa shape index (κ2) is 15.6. The van der Waals surface area contributed by atoms with Crippen LogP contribution in [0.15, 0.2) is 60.0 Å². The van der Waals surface area contributed by atoms with Gasteiger partial charge in [-0.05, 0) is 47.9 Å². The maximum absolute atomic E-state index is 13.5. The molecule has 1 fully saturated rings. The van der Waals surface area contributed by atoms with Crippen LogP contribution in [0.2, 0.25) is 0 Å². The molecule has 11 nitrogen and oxygen atoms in total. The predicted octanol–water partition coefficient (Wildman–Crippen LogP) is 5.11. The molecule has 1 amide bonds. The number of fused-ring (bicyclic) bond motifs is 1. The summed E-state index contributed by atoms with van der Waals surface area (Å²) >= 11 is 1.52. The van der Waals surface area contributed by atoms with Gasteiger partial charge in [0.1, 0.15) is 22.2 Å². The van der Waals surface area contributed by atoms with E-state index >= 15 is 0 Å². The number of methoxy groups -OCH3 is 4. The Hall–Kier alpha value is -4.52. The highest BCUT2D eigenvalue weighted by Crippen LogP contribution is 2.33. The third kappa shape index (κ3) is 7.95. The Bertz CT molecular complexity index is 1710. The zero-order valence-electron chi connectivity index (χ0n) is 27.9. The number of hydrogen-bond acceptors (Lipinski definition) is 11. The second-order valence-electron chi connectivity index (χ2n) is 11.7. The molecule has 4 aromatic rings. The van der Waals surface area contributed by atoms with Crippen molar-refractivity contribution in [3.8, 4) is 34.5 Å². The molecule has 48 heavy (non-hydrogen) atoms. The Morgan fingerprint density at radius 3 is 2.35 bits per heavy atom. The Morgan fingerprint density at radius 1 is 0.812 bits per heavy atom. The van der Waals surface area contributed by atoms with Crippen molar-refractivity contribution in [2.45, 2.75) is 26.1 Å². The van der Waals surface area contributed by atoms with Gasteiger partial charge in [0, 0.05) is 62.8 Å². The summed E-state index contributed by atoms with van der Waals surface area (Å²) in [4.78, 5) is 24.9. The first kappa shape index (κ1) is 33.4. The van der Waals surface area contributed by atoms with Crippen LogP contribution >= 0.6 is 11.3 Å². The zero-order valence-corrected chi connectivity index (χ0v) is 28.7. The number of amides is 1. The maximum Gasteiger partial charge on any atom is 0.273 e. The van der Waals surface area contributed by atoms with Gasteiger partial charge in [0.05, 0.1) is 35.0 Å². The minimum absolute atomic E-state index is 0.0195. The minimum Gasteiger partial charge on any atom is -0.497 e. The molecule has 254 valence electrons. The standard InChI is InChI=1S/C36H42N4O7S/c1-42-28-8-7-27(32(19-28)44-3)21-39(12-11-25-5-9-30(43-2)33(17-25)45-4)22-35-37-29(23-48-35)36(41)40-15-13-38(14-16-40)20-26-6-10-31-34(18-26)47-24-46-31/h5-10,17-19,23H,11-16,20-22,24H2,1-4H3. The maximum atomic E-state index is 13.5. The highest BCUT2D eigenvalue weighted by atomic mass is 32.1. The minimum atomic E-state index is -0.0195. The van der Waals surface area contributed by atoms with Gasteiger partial charge in [-0.25, -0.2) is 4.98 Å². The highest BCUT2D eigenvalue weighted by Gasteiger charge is 2.25. The van der Waals surface area contributed by atoms with Crippen molar-refractivity contribution in [1.29, 1.82) is 0 Å². The first-order chi connectivity index (χ1) is 23.5. The third-order valence-corrected chi connectivity index (χ3v) is 9.52. The number of carbonyl (C=O) groups excluding carboxylic acids is 1. The number of nitrogens with zero attached hydrogens (tertiary/aromatic N) is 4. The topological polar surface area (TPSA) is 95.1 Å². The molecule has 0 atom stereocenters. The number of carbonyl (C=O) groups is 1. The Morgan fingerprint density at radius 2 is 1.58 bits per heavy atom. The molecule has 0 bridgehead atoms. The first-order valence-electron chi connectivity index (χ1n) is 15.9. The number of aromatic nitrogens is 1. The van der Waals surface area contributed by atoms with Gasteiger partial charge in [-0.2, -0.15) is 0 Å². The quantitative estimate of drug-likeness (QED) is 0.180. The molecule has 0 spiro atoms. The number of benzene rings is 3. The number of ether oxygens (including phenoxy) is 6. The number of thiazole rings is 1. The van der Waals surface area contributed by atoms with E-state index in [2.05, 4.69) is 21.9 Å². The average Bonchev–Trinajstić information content (AvgIpc) is 3.80. The molecule has 1 aromatic heterocycles. The zero-order chi connectivity index (χ0) is 33.5. The number of hydrogen-bond donors (Lipinski definition) is 0. The van der Waals surface area contributed by atoms with Gasteiger partial charge < -0.3 is 33.3 Å². The van der Waals surface area contributed by atoms with Crippen LogP contribution in [0.25, 0.3) is 0 Å². The fourth-order valence-corrected chi connectivity index (χ4v) is 6.81. The monoisotopic (exact) mass is 674 g/mol.